The Morgan fingerprint density at radius 3 is 2.27 bits per heavy atom. The van der Waals surface area contributed by atoms with Gasteiger partial charge >= 0.3 is 0 Å². The molecule has 0 heterocycles. The summed E-state index contributed by atoms with van der Waals surface area (Å²) in [5.41, 5.74) is 1.39. The predicted octanol–water partition coefficient (Wildman–Crippen LogP) is 3.85. The number of phenols is 1. The second-order valence-electron chi connectivity index (χ2n) is 3.17. The van der Waals surface area contributed by atoms with E-state index in [1.54, 1.807) is 24.3 Å². The van der Waals surface area contributed by atoms with Crippen LogP contribution in [0.5, 0.6) is 5.75 Å². The predicted molar refractivity (Wildman–Crippen MR) is 58.5 cm³/mol. The van der Waals surface area contributed by atoms with Gasteiger partial charge in [-0.1, -0.05) is 23.7 Å². The quantitative estimate of drug-likeness (QED) is 0.777. The van der Waals surface area contributed by atoms with Gasteiger partial charge in [0.15, 0.2) is 0 Å². The standard InChI is InChI=1S/C12H8ClFO/c13-9-3-1-8(2-4-9)11-6-5-10(14)7-12(11)15/h1-7,15H. The Labute approximate surface area is 91.8 Å². The monoisotopic (exact) mass is 222 g/mol. The lowest BCUT2D eigenvalue weighted by Crippen LogP contribution is -1.80. The van der Waals surface area contributed by atoms with Gasteiger partial charge in [-0.2, -0.15) is 0 Å². The van der Waals surface area contributed by atoms with Crippen molar-refractivity contribution in [2.24, 2.45) is 0 Å². The largest absolute Gasteiger partial charge is 0.507 e. The van der Waals surface area contributed by atoms with Crippen LogP contribution < -0.4 is 0 Å². The van der Waals surface area contributed by atoms with Gasteiger partial charge in [-0.3, -0.25) is 0 Å². The van der Waals surface area contributed by atoms with Gasteiger partial charge in [-0.25, -0.2) is 4.39 Å². The summed E-state index contributed by atoms with van der Waals surface area (Å²) in [6.45, 7) is 0. The molecule has 0 aromatic heterocycles. The fourth-order valence-electron chi connectivity index (χ4n) is 1.38. The lowest BCUT2D eigenvalue weighted by Gasteiger charge is -2.04. The van der Waals surface area contributed by atoms with E-state index in [-0.39, 0.29) is 5.75 Å². The van der Waals surface area contributed by atoms with Gasteiger partial charge in [0, 0.05) is 16.7 Å². The Morgan fingerprint density at radius 2 is 1.67 bits per heavy atom. The normalized spacial score (nSPS) is 10.3. The number of halogens is 2. The molecule has 0 bridgehead atoms. The molecule has 0 saturated carbocycles. The van der Waals surface area contributed by atoms with Gasteiger partial charge < -0.3 is 5.11 Å². The first-order chi connectivity index (χ1) is 7.16. The number of hydrogen-bond acceptors (Lipinski definition) is 1. The summed E-state index contributed by atoms with van der Waals surface area (Å²) in [5, 5.41) is 10.2. The highest BCUT2D eigenvalue weighted by Gasteiger charge is 2.04. The summed E-state index contributed by atoms with van der Waals surface area (Å²) < 4.78 is 12.7. The van der Waals surface area contributed by atoms with Gasteiger partial charge in [-0.15, -0.1) is 0 Å². The Kier molecular flexibility index (Phi) is 2.60. The molecule has 0 radical (unpaired) electrons. The van der Waals surface area contributed by atoms with Crippen LogP contribution in [0.3, 0.4) is 0 Å². The van der Waals surface area contributed by atoms with Crippen molar-refractivity contribution in [3.63, 3.8) is 0 Å². The SMILES string of the molecule is Oc1cc(F)ccc1-c1ccc(Cl)cc1. The third-order valence-corrected chi connectivity index (χ3v) is 2.37. The van der Waals surface area contributed by atoms with Crippen molar-refractivity contribution in [2.45, 2.75) is 0 Å². The van der Waals surface area contributed by atoms with Gasteiger partial charge in [0.2, 0.25) is 0 Å². The van der Waals surface area contributed by atoms with Gasteiger partial charge in [0.05, 0.1) is 0 Å². The molecule has 0 spiro atoms. The average molecular weight is 223 g/mol. The smallest absolute Gasteiger partial charge is 0.126 e. The molecular weight excluding hydrogens is 215 g/mol. The van der Waals surface area contributed by atoms with Crippen molar-refractivity contribution in [2.75, 3.05) is 0 Å². The molecule has 0 atom stereocenters. The molecule has 0 aliphatic carbocycles. The summed E-state index contributed by atoms with van der Waals surface area (Å²) in [6.07, 6.45) is 0. The Bertz CT molecular complexity index is 479. The maximum Gasteiger partial charge on any atom is 0.126 e. The number of phenolic OH excluding ortho intramolecular Hbond substituents is 1. The van der Waals surface area contributed by atoms with Crippen LogP contribution in [0.15, 0.2) is 42.5 Å². The van der Waals surface area contributed by atoms with Crippen molar-refractivity contribution in [3.05, 3.63) is 53.3 Å². The Morgan fingerprint density at radius 1 is 1.00 bits per heavy atom. The fourth-order valence-corrected chi connectivity index (χ4v) is 1.50. The van der Waals surface area contributed by atoms with Crippen molar-refractivity contribution in [3.8, 4) is 16.9 Å². The van der Waals surface area contributed by atoms with Gasteiger partial charge in [-0.05, 0) is 29.8 Å². The van der Waals surface area contributed by atoms with E-state index in [0.29, 0.717) is 10.6 Å². The molecule has 1 nitrogen and oxygen atoms in total. The second kappa shape index (κ2) is 3.91. The van der Waals surface area contributed by atoms with Crippen LogP contribution in [0.4, 0.5) is 4.39 Å². The maximum absolute atomic E-state index is 12.7. The molecule has 0 aliphatic rings. The van der Waals surface area contributed by atoms with Crippen LogP contribution in [-0.2, 0) is 0 Å². The summed E-state index contributed by atoms with van der Waals surface area (Å²) in [5.74, 6) is -0.525. The average Bonchev–Trinajstić information content (AvgIpc) is 2.20. The minimum Gasteiger partial charge on any atom is -0.507 e. The molecule has 0 saturated heterocycles. The first-order valence-corrected chi connectivity index (χ1v) is 4.79. The van der Waals surface area contributed by atoms with Crippen molar-refractivity contribution >= 4 is 11.6 Å². The van der Waals surface area contributed by atoms with E-state index in [1.807, 2.05) is 0 Å². The number of benzene rings is 2. The molecular formula is C12H8ClFO. The highest BCUT2D eigenvalue weighted by molar-refractivity contribution is 6.30. The molecule has 0 aliphatic heterocycles. The van der Waals surface area contributed by atoms with E-state index in [2.05, 4.69) is 0 Å². The molecule has 2 aromatic carbocycles. The highest BCUT2D eigenvalue weighted by atomic mass is 35.5. The zero-order valence-corrected chi connectivity index (χ0v) is 8.50. The van der Waals surface area contributed by atoms with Gasteiger partial charge in [0.1, 0.15) is 11.6 Å². The lowest BCUT2D eigenvalue weighted by molar-refractivity contribution is 0.471. The van der Waals surface area contributed by atoms with E-state index < -0.39 is 5.82 Å². The topological polar surface area (TPSA) is 20.2 Å². The summed E-state index contributed by atoms with van der Waals surface area (Å²) >= 11 is 5.74. The van der Waals surface area contributed by atoms with Crippen molar-refractivity contribution < 1.29 is 9.50 Å². The molecule has 0 fully saturated rings. The number of hydrogen-bond donors (Lipinski definition) is 1. The second-order valence-corrected chi connectivity index (χ2v) is 3.60. The van der Waals surface area contributed by atoms with Gasteiger partial charge in [0.25, 0.3) is 0 Å². The molecule has 0 amide bonds. The van der Waals surface area contributed by atoms with Crippen molar-refractivity contribution in [1.82, 2.24) is 0 Å². The number of aromatic hydroxyl groups is 1. The molecule has 2 aromatic rings. The number of rotatable bonds is 1. The molecule has 1 N–H and O–H groups in total. The van der Waals surface area contributed by atoms with Crippen LogP contribution in [0.2, 0.25) is 5.02 Å². The Hall–Kier alpha value is -1.54. The third-order valence-electron chi connectivity index (χ3n) is 2.12. The Balaban J connectivity index is 2.49. The van der Waals surface area contributed by atoms with E-state index in [9.17, 15) is 9.50 Å². The maximum atomic E-state index is 12.7. The molecule has 3 heteroatoms. The fraction of sp³-hybridized carbons (Fsp3) is 0. The molecule has 76 valence electrons. The van der Waals surface area contributed by atoms with E-state index in [0.717, 1.165) is 11.6 Å². The van der Waals surface area contributed by atoms with Crippen LogP contribution >= 0.6 is 11.6 Å². The molecule has 2 rings (SSSR count). The third kappa shape index (κ3) is 2.10. The van der Waals surface area contributed by atoms with E-state index in [4.69, 9.17) is 11.6 Å². The van der Waals surface area contributed by atoms with E-state index in [1.165, 1.54) is 12.1 Å². The summed E-state index contributed by atoms with van der Waals surface area (Å²) in [4.78, 5) is 0. The van der Waals surface area contributed by atoms with Crippen molar-refractivity contribution in [1.29, 1.82) is 0 Å². The summed E-state index contributed by atoms with van der Waals surface area (Å²) in [6, 6.07) is 10.9. The molecule has 0 unspecified atom stereocenters. The van der Waals surface area contributed by atoms with Crippen LogP contribution in [0.25, 0.3) is 11.1 Å². The highest BCUT2D eigenvalue weighted by Crippen LogP contribution is 2.30. The summed E-state index contributed by atoms with van der Waals surface area (Å²) in [7, 11) is 0. The van der Waals surface area contributed by atoms with E-state index >= 15 is 0 Å². The van der Waals surface area contributed by atoms with Crippen LogP contribution in [0, 0.1) is 5.82 Å². The van der Waals surface area contributed by atoms with Crippen LogP contribution in [0.1, 0.15) is 0 Å². The molecule has 15 heavy (non-hydrogen) atoms. The zero-order chi connectivity index (χ0) is 10.8. The van der Waals surface area contributed by atoms with Crippen LogP contribution in [-0.4, -0.2) is 5.11 Å². The first-order valence-electron chi connectivity index (χ1n) is 4.41. The lowest BCUT2D eigenvalue weighted by atomic mass is 10.0. The first kappa shape index (κ1) is 9.99. The minimum absolute atomic E-state index is 0.0719. The zero-order valence-electron chi connectivity index (χ0n) is 7.74. The minimum atomic E-state index is -0.454.